The van der Waals surface area contributed by atoms with Gasteiger partial charge < -0.3 is 5.73 Å². The lowest BCUT2D eigenvalue weighted by Gasteiger charge is -2.10. The first-order chi connectivity index (χ1) is 9.81. The second-order valence-corrected chi connectivity index (χ2v) is 6.88. The Bertz CT molecular complexity index is 756. The maximum absolute atomic E-state index is 12.3. The number of aryl methyl sites for hydroxylation is 2. The molecule has 0 aliphatic rings. The number of hydrogen-bond donors (Lipinski definition) is 2. The highest BCUT2D eigenvalue weighted by molar-refractivity contribution is 7.89. The molecule has 0 unspecified atom stereocenters. The molecule has 0 amide bonds. The maximum atomic E-state index is 12.3. The van der Waals surface area contributed by atoms with Gasteiger partial charge in [-0.2, -0.15) is 5.10 Å². The third-order valence-electron chi connectivity index (χ3n) is 3.21. The Kier molecular flexibility index (Phi) is 4.55. The number of benzene rings is 1. The lowest BCUT2D eigenvalue weighted by atomic mass is 10.2. The minimum atomic E-state index is -3.69. The van der Waals surface area contributed by atoms with Gasteiger partial charge in [-0.25, -0.2) is 13.1 Å². The van der Waals surface area contributed by atoms with E-state index >= 15 is 0 Å². The van der Waals surface area contributed by atoms with Crippen LogP contribution in [0.1, 0.15) is 11.3 Å². The summed E-state index contributed by atoms with van der Waals surface area (Å²) in [5, 5.41) is 4.19. The molecule has 0 aliphatic heterocycles. The van der Waals surface area contributed by atoms with Gasteiger partial charge in [-0.1, -0.05) is 11.6 Å². The number of nitrogens with zero attached hydrogens (tertiary/aromatic N) is 2. The van der Waals surface area contributed by atoms with E-state index < -0.39 is 10.0 Å². The minimum absolute atomic E-state index is 0.00253. The number of nitrogens with two attached hydrogens (primary N) is 1. The number of sulfonamides is 1. The van der Waals surface area contributed by atoms with Crippen LogP contribution in [0.4, 0.5) is 5.69 Å². The Morgan fingerprint density at radius 3 is 2.76 bits per heavy atom. The van der Waals surface area contributed by atoms with E-state index in [1.54, 1.807) is 30.9 Å². The fourth-order valence-electron chi connectivity index (χ4n) is 1.91. The Hall–Kier alpha value is -1.57. The summed E-state index contributed by atoms with van der Waals surface area (Å²) in [6.07, 6.45) is 2.20. The van der Waals surface area contributed by atoms with E-state index in [0.717, 1.165) is 11.3 Å². The molecule has 0 bridgehead atoms. The molecule has 0 spiro atoms. The van der Waals surface area contributed by atoms with Crippen LogP contribution < -0.4 is 10.5 Å². The van der Waals surface area contributed by atoms with E-state index in [4.69, 9.17) is 17.3 Å². The molecule has 0 fully saturated rings. The summed E-state index contributed by atoms with van der Waals surface area (Å²) in [4.78, 5) is -0.00253. The summed E-state index contributed by atoms with van der Waals surface area (Å²) in [5.41, 5.74) is 7.83. The first-order valence-electron chi connectivity index (χ1n) is 6.33. The van der Waals surface area contributed by atoms with Crippen molar-refractivity contribution in [3.63, 3.8) is 0 Å². The topological polar surface area (TPSA) is 90.0 Å². The summed E-state index contributed by atoms with van der Waals surface area (Å²) in [6.45, 7) is 2.03. The minimum Gasteiger partial charge on any atom is -0.398 e. The molecule has 1 heterocycles. The second-order valence-electron chi connectivity index (χ2n) is 4.73. The van der Waals surface area contributed by atoms with Crippen LogP contribution in [-0.4, -0.2) is 24.7 Å². The van der Waals surface area contributed by atoms with Crippen molar-refractivity contribution in [1.29, 1.82) is 0 Å². The van der Waals surface area contributed by atoms with Gasteiger partial charge in [0.2, 0.25) is 10.0 Å². The van der Waals surface area contributed by atoms with Crippen LogP contribution in [0.2, 0.25) is 5.02 Å². The van der Waals surface area contributed by atoms with Gasteiger partial charge in [0.15, 0.2) is 0 Å². The smallest absolute Gasteiger partial charge is 0.242 e. The Balaban J connectivity index is 2.12. The number of anilines is 1. The molecule has 0 aliphatic carbocycles. The maximum Gasteiger partial charge on any atom is 0.242 e. The summed E-state index contributed by atoms with van der Waals surface area (Å²) in [5.74, 6) is 0. The highest BCUT2D eigenvalue weighted by atomic mass is 35.5. The van der Waals surface area contributed by atoms with Crippen LogP contribution in [-0.2, 0) is 23.5 Å². The first-order valence-corrected chi connectivity index (χ1v) is 8.19. The summed E-state index contributed by atoms with van der Waals surface area (Å²) in [6, 6.07) is 4.77. The molecule has 2 aromatic rings. The third-order valence-corrected chi connectivity index (χ3v) is 5.13. The van der Waals surface area contributed by atoms with Crippen molar-refractivity contribution >= 4 is 27.3 Å². The van der Waals surface area contributed by atoms with Crippen LogP contribution >= 0.6 is 11.6 Å². The summed E-state index contributed by atoms with van der Waals surface area (Å²) >= 11 is 6.00. The van der Waals surface area contributed by atoms with Gasteiger partial charge >= 0.3 is 0 Å². The van der Waals surface area contributed by atoms with Crippen LogP contribution in [0.3, 0.4) is 0 Å². The largest absolute Gasteiger partial charge is 0.398 e. The van der Waals surface area contributed by atoms with E-state index in [1.165, 1.54) is 6.07 Å². The zero-order valence-electron chi connectivity index (χ0n) is 11.8. The van der Waals surface area contributed by atoms with Crippen LogP contribution in [0.25, 0.3) is 0 Å². The van der Waals surface area contributed by atoms with Crippen molar-refractivity contribution in [3.05, 3.63) is 40.7 Å². The molecular formula is C13H17ClN4O2S. The SMILES string of the molecule is Cc1cc(Cl)c(S(=O)(=O)NCCc2ccnn2C)cc1N. The fourth-order valence-corrected chi connectivity index (χ4v) is 3.56. The van der Waals surface area contributed by atoms with Crippen molar-refractivity contribution in [3.8, 4) is 0 Å². The quantitative estimate of drug-likeness (QED) is 0.814. The molecule has 2 rings (SSSR count). The number of halogens is 1. The molecular weight excluding hydrogens is 312 g/mol. The van der Waals surface area contributed by atoms with E-state index in [9.17, 15) is 8.42 Å². The predicted molar refractivity (Wildman–Crippen MR) is 82.7 cm³/mol. The number of hydrogen-bond acceptors (Lipinski definition) is 4. The van der Waals surface area contributed by atoms with E-state index in [0.29, 0.717) is 12.1 Å². The highest BCUT2D eigenvalue weighted by Gasteiger charge is 2.19. The van der Waals surface area contributed by atoms with Crippen molar-refractivity contribution in [1.82, 2.24) is 14.5 Å². The average Bonchev–Trinajstić information content (AvgIpc) is 2.79. The van der Waals surface area contributed by atoms with E-state index in [-0.39, 0.29) is 16.5 Å². The van der Waals surface area contributed by atoms with Crippen LogP contribution in [0.15, 0.2) is 29.3 Å². The van der Waals surface area contributed by atoms with Gasteiger partial charge in [-0.3, -0.25) is 4.68 Å². The molecule has 6 nitrogen and oxygen atoms in total. The van der Waals surface area contributed by atoms with Gasteiger partial charge in [0, 0.05) is 37.6 Å². The predicted octanol–water partition coefficient (Wildman–Crippen LogP) is 1.49. The zero-order valence-corrected chi connectivity index (χ0v) is 13.4. The number of aromatic nitrogens is 2. The number of nitrogen functional groups attached to an aromatic ring is 1. The molecule has 0 radical (unpaired) electrons. The van der Waals surface area contributed by atoms with Crippen LogP contribution in [0, 0.1) is 6.92 Å². The molecule has 114 valence electrons. The molecule has 0 saturated carbocycles. The van der Waals surface area contributed by atoms with Gasteiger partial charge in [-0.15, -0.1) is 0 Å². The molecule has 3 N–H and O–H groups in total. The van der Waals surface area contributed by atoms with Gasteiger partial charge in [-0.05, 0) is 30.7 Å². The second kappa shape index (κ2) is 6.05. The fraction of sp³-hybridized carbons (Fsp3) is 0.308. The molecule has 0 saturated heterocycles. The van der Waals surface area contributed by atoms with E-state index in [1.807, 2.05) is 6.07 Å². The first kappa shape index (κ1) is 15.8. The number of nitrogens with one attached hydrogen (secondary N) is 1. The lowest BCUT2D eigenvalue weighted by molar-refractivity contribution is 0.580. The molecule has 1 aromatic carbocycles. The number of rotatable bonds is 5. The van der Waals surface area contributed by atoms with Crippen molar-refractivity contribution < 1.29 is 8.42 Å². The molecule has 8 heteroatoms. The van der Waals surface area contributed by atoms with Crippen molar-refractivity contribution in [2.45, 2.75) is 18.2 Å². The van der Waals surface area contributed by atoms with E-state index in [2.05, 4.69) is 9.82 Å². The average molecular weight is 329 g/mol. The van der Waals surface area contributed by atoms with Crippen molar-refractivity contribution in [2.75, 3.05) is 12.3 Å². The lowest BCUT2D eigenvalue weighted by Crippen LogP contribution is -2.27. The normalized spacial score (nSPS) is 11.8. The Morgan fingerprint density at radius 1 is 1.43 bits per heavy atom. The summed E-state index contributed by atoms with van der Waals surface area (Å²) in [7, 11) is -1.88. The van der Waals surface area contributed by atoms with Gasteiger partial charge in [0.25, 0.3) is 0 Å². The summed E-state index contributed by atoms with van der Waals surface area (Å²) < 4.78 is 28.7. The monoisotopic (exact) mass is 328 g/mol. The Labute approximate surface area is 129 Å². The Morgan fingerprint density at radius 2 is 2.14 bits per heavy atom. The van der Waals surface area contributed by atoms with Crippen molar-refractivity contribution in [2.24, 2.45) is 7.05 Å². The third kappa shape index (κ3) is 3.55. The van der Waals surface area contributed by atoms with Gasteiger partial charge in [0.1, 0.15) is 4.90 Å². The standard InChI is InChI=1S/C13H17ClN4O2S/c1-9-7-11(14)13(8-12(9)15)21(19,20)17-6-4-10-3-5-16-18(10)2/h3,5,7-8,17H,4,6,15H2,1-2H3. The molecule has 1 aromatic heterocycles. The van der Waals surface area contributed by atoms with Gasteiger partial charge in [0.05, 0.1) is 5.02 Å². The van der Waals surface area contributed by atoms with Crippen LogP contribution in [0.5, 0.6) is 0 Å². The molecule has 21 heavy (non-hydrogen) atoms. The highest BCUT2D eigenvalue weighted by Crippen LogP contribution is 2.26. The zero-order chi connectivity index (χ0) is 15.6. The molecule has 0 atom stereocenters.